The summed E-state index contributed by atoms with van der Waals surface area (Å²) in [6.07, 6.45) is 1.99. The van der Waals surface area contributed by atoms with Gasteiger partial charge in [0.15, 0.2) is 0 Å². The Labute approximate surface area is 202 Å². The van der Waals surface area contributed by atoms with E-state index in [2.05, 4.69) is 47.2 Å². The number of nitrogens with zero attached hydrogens (tertiary/aromatic N) is 1. The van der Waals surface area contributed by atoms with Gasteiger partial charge in [0.2, 0.25) is 5.91 Å². The molecule has 2 saturated carbocycles. The van der Waals surface area contributed by atoms with Gasteiger partial charge in [-0.05, 0) is 67.1 Å². The van der Waals surface area contributed by atoms with Crippen LogP contribution in [0.2, 0.25) is 0 Å². The van der Waals surface area contributed by atoms with Gasteiger partial charge in [-0.2, -0.15) is 0 Å². The number of hydrogen-bond acceptors (Lipinski definition) is 5. The van der Waals surface area contributed by atoms with Gasteiger partial charge in [0, 0.05) is 16.3 Å². The van der Waals surface area contributed by atoms with Crippen LogP contribution in [0, 0.1) is 23.2 Å². The third kappa shape index (κ3) is 3.66. The van der Waals surface area contributed by atoms with E-state index >= 15 is 0 Å². The van der Waals surface area contributed by atoms with Gasteiger partial charge in [-0.3, -0.25) is 4.79 Å². The van der Waals surface area contributed by atoms with Crippen LogP contribution in [0.25, 0.3) is 0 Å². The average Bonchev–Trinajstić information content (AvgIpc) is 3.09. The van der Waals surface area contributed by atoms with Crippen molar-refractivity contribution < 1.29 is 19.2 Å². The Hall–Kier alpha value is -2.67. The van der Waals surface area contributed by atoms with Gasteiger partial charge in [0.25, 0.3) is 0 Å². The Kier molecular flexibility index (Phi) is 5.89. The van der Waals surface area contributed by atoms with Crippen molar-refractivity contribution in [2.75, 3.05) is 12.4 Å². The smallest absolute Gasteiger partial charge is 0.365 e. The summed E-state index contributed by atoms with van der Waals surface area (Å²) in [6, 6.07) is 12.7. The predicted octanol–water partition coefficient (Wildman–Crippen LogP) is 6.13. The number of nitrogens with one attached hydrogen (secondary N) is 1. The number of aryl methyl sites for hydroxylation is 1. The number of hydrogen-bond donors (Lipinski definition) is 1. The van der Waals surface area contributed by atoms with E-state index in [0.29, 0.717) is 23.4 Å². The lowest BCUT2D eigenvalue weighted by molar-refractivity contribution is -0.130. The van der Waals surface area contributed by atoms with Crippen LogP contribution >= 0.6 is 15.9 Å². The van der Waals surface area contributed by atoms with Gasteiger partial charge in [0.05, 0.1) is 29.5 Å². The molecule has 2 bridgehead atoms. The Morgan fingerprint density at radius 1 is 1.06 bits per heavy atom. The molecule has 0 heterocycles. The summed E-state index contributed by atoms with van der Waals surface area (Å²) in [5, 5.41) is 7.43. The maximum Gasteiger partial charge on any atom is 0.365 e. The molecule has 2 atom stereocenters. The highest BCUT2D eigenvalue weighted by Crippen LogP contribution is 2.71. The maximum absolute atomic E-state index is 13.7. The second-order valence-corrected chi connectivity index (χ2v) is 10.7. The van der Waals surface area contributed by atoms with Gasteiger partial charge in [-0.1, -0.05) is 47.9 Å². The van der Waals surface area contributed by atoms with E-state index in [4.69, 9.17) is 9.57 Å². The highest BCUT2D eigenvalue weighted by Gasteiger charge is 2.71. The van der Waals surface area contributed by atoms with Crippen LogP contribution < -0.4 is 10.1 Å². The van der Waals surface area contributed by atoms with E-state index < -0.39 is 11.4 Å². The van der Waals surface area contributed by atoms with E-state index in [9.17, 15) is 9.59 Å². The van der Waals surface area contributed by atoms with Crippen LogP contribution in [-0.2, 0) is 9.63 Å². The SMILES string of the molecule is COc1ccc(C)cc1NC(=O)C12CCC(C)(/C(=N\OC(=O)c3ccc(Br)cc3)C1)C2(C)C. The summed E-state index contributed by atoms with van der Waals surface area (Å²) >= 11 is 3.36. The minimum atomic E-state index is -0.653. The topological polar surface area (TPSA) is 77.0 Å². The molecule has 0 aliphatic heterocycles. The molecule has 0 spiro atoms. The molecule has 0 saturated heterocycles. The van der Waals surface area contributed by atoms with Crippen LogP contribution in [0.4, 0.5) is 5.69 Å². The van der Waals surface area contributed by atoms with Gasteiger partial charge < -0.3 is 14.9 Å². The highest BCUT2D eigenvalue weighted by molar-refractivity contribution is 9.10. The standard InChI is InChI=1S/C26H29BrN2O4/c1-16-6-11-20(32-5)19(14-16)28-23(31)26-13-12-25(4,24(26,2)3)21(15-26)29-33-22(30)17-7-9-18(27)10-8-17/h6-11,14H,12-13,15H2,1-5H3,(H,28,31)/b29-21-. The summed E-state index contributed by atoms with van der Waals surface area (Å²) in [6.45, 7) is 8.33. The van der Waals surface area contributed by atoms with Crippen molar-refractivity contribution in [1.29, 1.82) is 0 Å². The molecule has 0 aromatic heterocycles. The molecular weight excluding hydrogens is 484 g/mol. The van der Waals surface area contributed by atoms with Gasteiger partial charge >= 0.3 is 5.97 Å². The first-order valence-corrected chi connectivity index (χ1v) is 11.8. The van der Waals surface area contributed by atoms with Crippen molar-refractivity contribution in [2.24, 2.45) is 21.4 Å². The molecule has 2 unspecified atom stereocenters. The maximum atomic E-state index is 13.7. The van der Waals surface area contributed by atoms with Crippen molar-refractivity contribution in [1.82, 2.24) is 0 Å². The minimum absolute atomic E-state index is 0.0513. The largest absolute Gasteiger partial charge is 0.495 e. The number of rotatable bonds is 5. The molecule has 1 N–H and O–H groups in total. The molecule has 2 aromatic rings. The van der Waals surface area contributed by atoms with Crippen molar-refractivity contribution in [3.05, 3.63) is 58.1 Å². The van der Waals surface area contributed by atoms with Crippen LogP contribution in [0.5, 0.6) is 5.75 Å². The Balaban J connectivity index is 1.60. The highest BCUT2D eigenvalue weighted by atomic mass is 79.9. The number of amides is 1. The predicted molar refractivity (Wildman–Crippen MR) is 132 cm³/mol. The first kappa shape index (κ1) is 23.5. The van der Waals surface area contributed by atoms with Crippen molar-refractivity contribution in [3.8, 4) is 5.75 Å². The third-order valence-corrected chi connectivity index (χ3v) is 8.62. The van der Waals surface area contributed by atoms with Gasteiger partial charge in [-0.15, -0.1) is 0 Å². The van der Waals surface area contributed by atoms with Crippen molar-refractivity contribution in [2.45, 2.75) is 47.0 Å². The number of ether oxygens (including phenoxy) is 1. The lowest BCUT2D eigenvalue weighted by Gasteiger charge is -2.39. The number of fused-ring (bicyclic) bond motifs is 2. The number of carbonyl (C=O) groups excluding carboxylic acids is 2. The molecule has 2 aliphatic carbocycles. The zero-order valence-electron chi connectivity index (χ0n) is 19.6. The average molecular weight is 513 g/mol. The fourth-order valence-electron chi connectivity index (χ4n) is 5.42. The number of benzene rings is 2. The van der Waals surface area contributed by atoms with Crippen LogP contribution in [-0.4, -0.2) is 24.7 Å². The Bertz CT molecular complexity index is 1140. The zero-order valence-corrected chi connectivity index (χ0v) is 21.2. The van der Waals surface area contributed by atoms with Crippen LogP contribution in [0.1, 0.15) is 56.0 Å². The fourth-order valence-corrected chi connectivity index (χ4v) is 5.68. The number of oxime groups is 1. The van der Waals surface area contributed by atoms with E-state index in [0.717, 1.165) is 28.6 Å². The van der Waals surface area contributed by atoms with E-state index in [1.165, 1.54) is 0 Å². The van der Waals surface area contributed by atoms with Crippen molar-refractivity contribution >= 4 is 39.2 Å². The summed E-state index contributed by atoms with van der Waals surface area (Å²) in [7, 11) is 1.59. The number of methoxy groups -OCH3 is 1. The third-order valence-electron chi connectivity index (χ3n) is 8.09. The number of anilines is 1. The molecule has 0 radical (unpaired) electrons. The lowest BCUT2D eigenvalue weighted by Crippen LogP contribution is -2.43. The molecule has 33 heavy (non-hydrogen) atoms. The fraction of sp³-hybridized carbons (Fsp3) is 0.423. The van der Waals surface area contributed by atoms with E-state index in [1.54, 1.807) is 31.4 Å². The molecule has 174 valence electrons. The van der Waals surface area contributed by atoms with Gasteiger partial charge in [0.1, 0.15) is 5.75 Å². The normalized spacial score (nSPS) is 26.3. The number of halogens is 1. The second kappa shape index (κ2) is 8.28. The summed E-state index contributed by atoms with van der Waals surface area (Å²) < 4.78 is 6.33. The summed E-state index contributed by atoms with van der Waals surface area (Å²) in [5.74, 6) is 0.0611. The molecule has 7 heteroatoms. The molecular formula is C26H29BrN2O4. The molecule has 2 fully saturated rings. The Morgan fingerprint density at radius 3 is 2.42 bits per heavy atom. The van der Waals surface area contributed by atoms with E-state index in [1.807, 2.05) is 25.1 Å². The monoisotopic (exact) mass is 512 g/mol. The first-order valence-electron chi connectivity index (χ1n) is 11.0. The van der Waals surface area contributed by atoms with Crippen LogP contribution in [0.15, 0.2) is 52.1 Å². The molecule has 6 nitrogen and oxygen atoms in total. The summed E-state index contributed by atoms with van der Waals surface area (Å²) in [4.78, 5) is 31.6. The molecule has 2 aromatic carbocycles. The molecule has 2 aliphatic rings. The first-order chi connectivity index (χ1) is 15.5. The zero-order chi connectivity index (χ0) is 24.0. The molecule has 1 amide bonds. The second-order valence-electron chi connectivity index (χ2n) is 9.80. The lowest BCUT2D eigenvalue weighted by atomic mass is 9.64. The molecule has 4 rings (SSSR count). The number of carbonyl (C=O) groups is 2. The van der Waals surface area contributed by atoms with Crippen LogP contribution in [0.3, 0.4) is 0 Å². The quantitative estimate of drug-likeness (QED) is 0.385. The van der Waals surface area contributed by atoms with E-state index in [-0.39, 0.29) is 16.7 Å². The van der Waals surface area contributed by atoms with Crippen molar-refractivity contribution in [3.63, 3.8) is 0 Å². The van der Waals surface area contributed by atoms with Gasteiger partial charge in [-0.25, -0.2) is 4.79 Å². The summed E-state index contributed by atoms with van der Waals surface area (Å²) in [5.41, 5.74) is 1.51. The Morgan fingerprint density at radius 2 is 1.76 bits per heavy atom. The minimum Gasteiger partial charge on any atom is -0.495 e.